The van der Waals surface area contributed by atoms with Gasteiger partial charge in [-0.2, -0.15) is 0 Å². The van der Waals surface area contributed by atoms with Crippen LogP contribution >= 0.6 is 0 Å². The minimum Gasteiger partial charge on any atom is -0.481 e. The summed E-state index contributed by atoms with van der Waals surface area (Å²) in [5, 5.41) is 14.8. The zero-order valence-corrected chi connectivity index (χ0v) is 9.14. The van der Waals surface area contributed by atoms with Crippen LogP contribution in [0.25, 0.3) is 0 Å². The maximum atomic E-state index is 11.6. The molecule has 6 nitrogen and oxygen atoms in total. The third kappa shape index (κ3) is 3.38. The zero-order chi connectivity index (χ0) is 12.1. The lowest BCUT2D eigenvalue weighted by molar-refractivity contribution is -0.137. The number of carbonyl (C=O) groups excluding carboxylic acids is 1. The van der Waals surface area contributed by atoms with Crippen LogP contribution in [0.4, 0.5) is 0 Å². The van der Waals surface area contributed by atoms with Gasteiger partial charge < -0.3 is 14.9 Å². The van der Waals surface area contributed by atoms with Crippen LogP contribution in [0.15, 0.2) is 16.9 Å². The van der Waals surface area contributed by atoms with Crippen molar-refractivity contribution in [2.75, 3.05) is 0 Å². The minimum absolute atomic E-state index is 0.0342. The van der Waals surface area contributed by atoms with E-state index in [2.05, 4.69) is 15.0 Å². The Bertz CT molecular complexity index is 359. The normalized spacial score (nSPS) is 12.4. The first kappa shape index (κ1) is 12.2. The summed E-state index contributed by atoms with van der Waals surface area (Å²) in [7, 11) is 0. The second kappa shape index (κ2) is 5.29. The fourth-order valence-electron chi connectivity index (χ4n) is 1.21. The molecule has 1 rings (SSSR count). The molecule has 0 fully saturated rings. The first-order valence-electron chi connectivity index (χ1n) is 4.93. The van der Waals surface area contributed by atoms with E-state index in [0.717, 1.165) is 0 Å². The summed E-state index contributed by atoms with van der Waals surface area (Å²) in [6.07, 6.45) is 1.18. The molecule has 0 aliphatic carbocycles. The summed E-state index contributed by atoms with van der Waals surface area (Å²) in [6.45, 7) is 3.69. The number of rotatable bonds is 5. The molecular weight excluding hydrogens is 212 g/mol. The Morgan fingerprint density at radius 3 is 2.69 bits per heavy atom. The number of aromatic nitrogens is 1. The fourth-order valence-corrected chi connectivity index (χ4v) is 1.21. The smallest absolute Gasteiger partial charge is 0.305 e. The fraction of sp³-hybridized carbons (Fsp3) is 0.500. The maximum Gasteiger partial charge on any atom is 0.305 e. The molecule has 2 N–H and O–H groups in total. The van der Waals surface area contributed by atoms with Crippen LogP contribution in [0.1, 0.15) is 30.8 Å². The van der Waals surface area contributed by atoms with Gasteiger partial charge in [0.2, 0.25) is 0 Å². The van der Waals surface area contributed by atoms with Gasteiger partial charge in [-0.05, 0) is 5.92 Å². The van der Waals surface area contributed by atoms with Crippen LogP contribution in [0.3, 0.4) is 0 Å². The van der Waals surface area contributed by atoms with Crippen LogP contribution in [0.5, 0.6) is 0 Å². The quantitative estimate of drug-likeness (QED) is 0.778. The average molecular weight is 226 g/mol. The van der Waals surface area contributed by atoms with Gasteiger partial charge >= 0.3 is 5.97 Å². The Labute approximate surface area is 92.6 Å². The molecule has 88 valence electrons. The summed E-state index contributed by atoms with van der Waals surface area (Å²) in [4.78, 5) is 22.2. The topological polar surface area (TPSA) is 92.4 Å². The molecule has 1 aromatic rings. The second-order valence-corrected chi connectivity index (χ2v) is 3.81. The van der Waals surface area contributed by atoms with E-state index in [-0.39, 0.29) is 18.0 Å². The van der Waals surface area contributed by atoms with Crippen molar-refractivity contribution in [2.45, 2.75) is 26.3 Å². The number of carboxylic acid groups (broad SMARTS) is 1. The number of aliphatic carboxylic acids is 1. The van der Waals surface area contributed by atoms with Crippen molar-refractivity contribution in [1.82, 2.24) is 10.5 Å². The van der Waals surface area contributed by atoms with Crippen LogP contribution in [0.2, 0.25) is 0 Å². The van der Waals surface area contributed by atoms with E-state index >= 15 is 0 Å². The number of hydrogen-bond donors (Lipinski definition) is 2. The number of hydrogen-bond acceptors (Lipinski definition) is 4. The Morgan fingerprint density at radius 1 is 1.56 bits per heavy atom. The summed E-state index contributed by atoms with van der Waals surface area (Å²) >= 11 is 0. The lowest BCUT2D eigenvalue weighted by Crippen LogP contribution is -2.40. The van der Waals surface area contributed by atoms with Crippen molar-refractivity contribution in [3.8, 4) is 0 Å². The molecule has 1 amide bonds. The first-order valence-corrected chi connectivity index (χ1v) is 4.93. The Balaban J connectivity index is 2.61. The van der Waals surface area contributed by atoms with Crippen molar-refractivity contribution < 1.29 is 19.2 Å². The molecule has 0 aliphatic heterocycles. The average Bonchev–Trinajstić information content (AvgIpc) is 2.68. The van der Waals surface area contributed by atoms with Crippen molar-refractivity contribution >= 4 is 11.9 Å². The first-order chi connectivity index (χ1) is 7.50. The number of carbonyl (C=O) groups is 2. The van der Waals surface area contributed by atoms with E-state index in [4.69, 9.17) is 5.11 Å². The van der Waals surface area contributed by atoms with E-state index in [0.29, 0.717) is 0 Å². The molecule has 1 aromatic heterocycles. The molecule has 0 radical (unpaired) electrons. The van der Waals surface area contributed by atoms with Crippen molar-refractivity contribution in [1.29, 1.82) is 0 Å². The summed E-state index contributed by atoms with van der Waals surface area (Å²) in [6, 6.07) is 1.01. The van der Waals surface area contributed by atoms with E-state index < -0.39 is 17.9 Å². The van der Waals surface area contributed by atoms with E-state index in [1.54, 1.807) is 0 Å². The molecule has 0 aliphatic rings. The lowest BCUT2D eigenvalue weighted by atomic mass is 10.0. The summed E-state index contributed by atoms with van der Waals surface area (Å²) in [5.74, 6) is -1.33. The van der Waals surface area contributed by atoms with E-state index in [9.17, 15) is 9.59 Å². The van der Waals surface area contributed by atoms with Crippen molar-refractivity contribution in [2.24, 2.45) is 5.92 Å². The molecule has 0 saturated heterocycles. The number of nitrogens with zero attached hydrogens (tertiary/aromatic N) is 1. The Hall–Kier alpha value is -1.85. The lowest BCUT2D eigenvalue weighted by Gasteiger charge is -2.19. The van der Waals surface area contributed by atoms with Gasteiger partial charge in [-0.3, -0.25) is 9.59 Å². The number of carboxylic acids is 1. The highest BCUT2D eigenvalue weighted by molar-refractivity contribution is 5.92. The molecule has 6 heteroatoms. The molecule has 16 heavy (non-hydrogen) atoms. The molecule has 1 heterocycles. The highest BCUT2D eigenvalue weighted by atomic mass is 16.5. The molecule has 0 saturated carbocycles. The highest BCUT2D eigenvalue weighted by Crippen LogP contribution is 2.07. The Kier molecular flexibility index (Phi) is 4.04. The third-order valence-corrected chi connectivity index (χ3v) is 2.19. The maximum absolute atomic E-state index is 11.6. The van der Waals surface area contributed by atoms with Crippen LogP contribution in [-0.2, 0) is 4.79 Å². The Morgan fingerprint density at radius 2 is 2.25 bits per heavy atom. The van der Waals surface area contributed by atoms with Crippen LogP contribution in [-0.4, -0.2) is 28.2 Å². The monoisotopic (exact) mass is 226 g/mol. The summed E-state index contributed by atoms with van der Waals surface area (Å²) < 4.78 is 4.53. The predicted octanol–water partition coefficient (Wildman–Crippen LogP) is 0.904. The van der Waals surface area contributed by atoms with Gasteiger partial charge in [0.15, 0.2) is 5.69 Å². The molecule has 1 atom stereocenters. The highest BCUT2D eigenvalue weighted by Gasteiger charge is 2.21. The van der Waals surface area contributed by atoms with Gasteiger partial charge in [0.25, 0.3) is 5.91 Å². The van der Waals surface area contributed by atoms with Gasteiger partial charge in [0.1, 0.15) is 6.26 Å². The van der Waals surface area contributed by atoms with E-state index in [1.807, 2.05) is 13.8 Å². The largest absolute Gasteiger partial charge is 0.481 e. The molecule has 0 spiro atoms. The van der Waals surface area contributed by atoms with Gasteiger partial charge in [0, 0.05) is 12.1 Å². The zero-order valence-electron chi connectivity index (χ0n) is 9.14. The second-order valence-electron chi connectivity index (χ2n) is 3.81. The van der Waals surface area contributed by atoms with Gasteiger partial charge in [-0.15, -0.1) is 0 Å². The standard InChI is InChI=1S/C10H14N2O4/c1-6(2)8(5-9(13)14)11-10(15)7-3-4-16-12-7/h3-4,6,8H,5H2,1-2H3,(H,11,15)(H,13,14). The van der Waals surface area contributed by atoms with Gasteiger partial charge in [-0.1, -0.05) is 19.0 Å². The molecule has 1 unspecified atom stereocenters. The number of amides is 1. The van der Waals surface area contributed by atoms with E-state index in [1.165, 1.54) is 12.3 Å². The van der Waals surface area contributed by atoms with Gasteiger partial charge in [0.05, 0.1) is 6.42 Å². The molecule has 0 bridgehead atoms. The van der Waals surface area contributed by atoms with Crippen molar-refractivity contribution in [3.05, 3.63) is 18.0 Å². The van der Waals surface area contributed by atoms with Crippen LogP contribution < -0.4 is 5.32 Å². The number of nitrogens with one attached hydrogen (secondary N) is 1. The SMILES string of the molecule is CC(C)C(CC(=O)O)NC(=O)c1ccon1. The van der Waals surface area contributed by atoms with Gasteiger partial charge in [-0.25, -0.2) is 0 Å². The molecule has 0 aromatic carbocycles. The summed E-state index contributed by atoms with van der Waals surface area (Å²) in [5.41, 5.74) is 0.149. The predicted molar refractivity (Wildman–Crippen MR) is 54.8 cm³/mol. The van der Waals surface area contributed by atoms with Crippen LogP contribution in [0, 0.1) is 5.92 Å². The third-order valence-electron chi connectivity index (χ3n) is 2.19. The minimum atomic E-state index is -0.945. The molecular formula is C10H14N2O4. The van der Waals surface area contributed by atoms with Crippen molar-refractivity contribution in [3.63, 3.8) is 0 Å².